The van der Waals surface area contributed by atoms with Gasteiger partial charge in [0.15, 0.2) is 17.2 Å². The molecule has 29 heavy (non-hydrogen) atoms. The summed E-state index contributed by atoms with van der Waals surface area (Å²) in [6.07, 6.45) is 7.29. The van der Waals surface area contributed by atoms with Crippen LogP contribution in [0.4, 0.5) is 0 Å². The number of hydrogen-bond donors (Lipinski definition) is 2. The first kappa shape index (κ1) is 20.5. The highest BCUT2D eigenvalue weighted by atomic mass is 16.5. The Kier molecular flexibility index (Phi) is 4.67. The molecule has 0 aromatic heterocycles. The number of aliphatic hydroxyl groups is 2. The van der Waals surface area contributed by atoms with Gasteiger partial charge in [0.05, 0.1) is 6.10 Å². The molecule has 0 aromatic carbocycles. The van der Waals surface area contributed by atoms with E-state index in [2.05, 4.69) is 6.92 Å². The van der Waals surface area contributed by atoms with Crippen molar-refractivity contribution >= 4 is 17.5 Å². The summed E-state index contributed by atoms with van der Waals surface area (Å²) in [5.74, 6) is -0.732. The molecule has 4 rings (SSSR count). The second-order valence-electron chi connectivity index (χ2n) is 9.89. The number of Topliss-reactive ketones (excluding diaryl/α,β-unsaturated/α-hetero) is 1. The number of allylic oxidation sites excluding steroid dienone is 4. The van der Waals surface area contributed by atoms with Crippen molar-refractivity contribution < 1.29 is 29.3 Å². The highest BCUT2D eigenvalue weighted by Gasteiger charge is 2.64. The van der Waals surface area contributed by atoms with Gasteiger partial charge in [0, 0.05) is 23.7 Å². The lowest BCUT2D eigenvalue weighted by atomic mass is 9.43. The van der Waals surface area contributed by atoms with Crippen LogP contribution < -0.4 is 0 Å². The lowest BCUT2D eigenvalue weighted by molar-refractivity contribution is -0.191. The average molecular weight is 402 g/mol. The van der Waals surface area contributed by atoms with E-state index in [1.165, 1.54) is 6.92 Å². The predicted molar refractivity (Wildman–Crippen MR) is 105 cm³/mol. The molecular formula is C23H30O6. The molecule has 3 saturated carbocycles. The average Bonchev–Trinajstić information content (AvgIpc) is 2.64. The van der Waals surface area contributed by atoms with Crippen LogP contribution in [-0.4, -0.2) is 46.1 Å². The number of fused-ring (bicyclic) bond motifs is 5. The second-order valence-corrected chi connectivity index (χ2v) is 9.89. The van der Waals surface area contributed by atoms with Crippen LogP contribution in [0, 0.1) is 28.6 Å². The van der Waals surface area contributed by atoms with Crippen LogP contribution in [0.5, 0.6) is 0 Å². The maximum Gasteiger partial charge on any atom is 0.302 e. The minimum absolute atomic E-state index is 0.00515. The predicted octanol–water partition coefficient (Wildman–Crippen LogP) is 2.13. The minimum Gasteiger partial charge on any atom is -0.462 e. The molecule has 3 fully saturated rings. The first-order valence-electron chi connectivity index (χ1n) is 10.5. The van der Waals surface area contributed by atoms with Gasteiger partial charge in [-0.15, -0.1) is 0 Å². The summed E-state index contributed by atoms with van der Waals surface area (Å²) in [4.78, 5) is 36.5. The second kappa shape index (κ2) is 6.61. The van der Waals surface area contributed by atoms with Crippen molar-refractivity contribution in [2.75, 3.05) is 6.61 Å². The van der Waals surface area contributed by atoms with Crippen molar-refractivity contribution in [2.24, 2.45) is 28.6 Å². The smallest absolute Gasteiger partial charge is 0.302 e. The quantitative estimate of drug-likeness (QED) is 0.686. The van der Waals surface area contributed by atoms with E-state index < -0.39 is 23.1 Å². The van der Waals surface area contributed by atoms with Crippen molar-refractivity contribution in [3.05, 3.63) is 23.8 Å². The maximum atomic E-state index is 13.4. The van der Waals surface area contributed by atoms with Gasteiger partial charge in [-0.25, -0.2) is 0 Å². The molecule has 0 bridgehead atoms. The summed E-state index contributed by atoms with van der Waals surface area (Å²) in [6, 6.07) is 0. The molecule has 0 spiro atoms. The molecule has 0 aliphatic heterocycles. The number of ether oxygens (including phenoxy) is 1. The normalized spacial score (nSPS) is 46.3. The summed E-state index contributed by atoms with van der Waals surface area (Å²) >= 11 is 0. The van der Waals surface area contributed by atoms with Crippen molar-refractivity contribution in [3.63, 3.8) is 0 Å². The zero-order valence-corrected chi connectivity index (χ0v) is 17.3. The number of hydrogen-bond acceptors (Lipinski definition) is 6. The van der Waals surface area contributed by atoms with Gasteiger partial charge < -0.3 is 14.9 Å². The van der Waals surface area contributed by atoms with Crippen LogP contribution >= 0.6 is 0 Å². The molecule has 2 N–H and O–H groups in total. The van der Waals surface area contributed by atoms with Gasteiger partial charge in [-0.2, -0.15) is 0 Å². The van der Waals surface area contributed by atoms with E-state index in [-0.39, 0.29) is 54.2 Å². The third-order valence-electron chi connectivity index (χ3n) is 8.21. The van der Waals surface area contributed by atoms with Crippen LogP contribution in [0.25, 0.3) is 0 Å². The van der Waals surface area contributed by atoms with Gasteiger partial charge in [0.25, 0.3) is 0 Å². The van der Waals surface area contributed by atoms with Crippen molar-refractivity contribution in [2.45, 2.75) is 64.6 Å². The van der Waals surface area contributed by atoms with Gasteiger partial charge in [-0.1, -0.05) is 25.5 Å². The van der Waals surface area contributed by atoms with Gasteiger partial charge in [-0.05, 0) is 56.1 Å². The van der Waals surface area contributed by atoms with E-state index >= 15 is 0 Å². The number of aliphatic hydroxyl groups excluding tert-OH is 1. The molecule has 1 unspecified atom stereocenters. The van der Waals surface area contributed by atoms with E-state index in [0.29, 0.717) is 6.42 Å². The molecule has 0 saturated heterocycles. The summed E-state index contributed by atoms with van der Waals surface area (Å²) in [7, 11) is 0. The molecular weight excluding hydrogens is 372 g/mol. The number of esters is 1. The van der Waals surface area contributed by atoms with Crippen LogP contribution in [-0.2, 0) is 19.1 Å². The molecule has 4 aliphatic carbocycles. The Bertz CT molecular complexity index is 827. The third-order valence-corrected chi connectivity index (χ3v) is 8.21. The zero-order chi connectivity index (χ0) is 21.2. The summed E-state index contributed by atoms with van der Waals surface area (Å²) < 4.78 is 4.99. The zero-order valence-electron chi connectivity index (χ0n) is 17.3. The fourth-order valence-corrected chi connectivity index (χ4v) is 6.86. The van der Waals surface area contributed by atoms with Gasteiger partial charge in [0.1, 0.15) is 6.61 Å². The SMILES string of the molecule is CC(=O)OCC1(O)CC[C@H]2[C@@H]3CCC4=CC(=O)C=C[C@]4(C)[C@H]3[C@@H](O)C[C@]2(C)C1=O. The molecule has 6 heteroatoms. The summed E-state index contributed by atoms with van der Waals surface area (Å²) in [6.45, 7) is 4.87. The van der Waals surface area contributed by atoms with E-state index in [1.807, 2.05) is 13.0 Å². The molecule has 4 aliphatic rings. The molecule has 158 valence electrons. The molecule has 6 nitrogen and oxygen atoms in total. The largest absolute Gasteiger partial charge is 0.462 e. The Morgan fingerprint density at radius 2 is 2.00 bits per heavy atom. The Hall–Kier alpha value is -1.79. The van der Waals surface area contributed by atoms with Crippen molar-refractivity contribution in [1.29, 1.82) is 0 Å². The lowest BCUT2D eigenvalue weighted by Crippen LogP contribution is -2.65. The van der Waals surface area contributed by atoms with Crippen LogP contribution in [0.15, 0.2) is 23.8 Å². The first-order chi connectivity index (χ1) is 13.5. The van der Waals surface area contributed by atoms with Crippen LogP contribution in [0.2, 0.25) is 0 Å². The molecule has 7 atom stereocenters. The first-order valence-corrected chi connectivity index (χ1v) is 10.5. The Labute approximate surface area is 171 Å². The Morgan fingerprint density at radius 3 is 2.69 bits per heavy atom. The maximum absolute atomic E-state index is 13.4. The van der Waals surface area contributed by atoms with Crippen molar-refractivity contribution in [3.8, 4) is 0 Å². The van der Waals surface area contributed by atoms with E-state index in [1.54, 1.807) is 12.2 Å². The van der Waals surface area contributed by atoms with Crippen molar-refractivity contribution in [1.82, 2.24) is 0 Å². The van der Waals surface area contributed by atoms with Crippen LogP contribution in [0.1, 0.15) is 52.9 Å². The van der Waals surface area contributed by atoms with Crippen LogP contribution in [0.3, 0.4) is 0 Å². The fourth-order valence-electron chi connectivity index (χ4n) is 6.86. The van der Waals surface area contributed by atoms with Gasteiger partial charge >= 0.3 is 5.97 Å². The summed E-state index contributed by atoms with van der Waals surface area (Å²) in [5, 5.41) is 22.2. The highest BCUT2D eigenvalue weighted by Crippen LogP contribution is 2.63. The van der Waals surface area contributed by atoms with Gasteiger partial charge in [-0.3, -0.25) is 14.4 Å². The van der Waals surface area contributed by atoms with E-state index in [9.17, 15) is 24.6 Å². The molecule has 0 aromatic rings. The van der Waals surface area contributed by atoms with Gasteiger partial charge in [0.2, 0.25) is 0 Å². The Balaban J connectivity index is 1.66. The van der Waals surface area contributed by atoms with E-state index in [0.717, 1.165) is 18.4 Å². The fraction of sp³-hybridized carbons (Fsp3) is 0.696. The summed E-state index contributed by atoms with van der Waals surface area (Å²) in [5.41, 5.74) is -1.86. The topological polar surface area (TPSA) is 101 Å². The minimum atomic E-state index is -1.69. The lowest BCUT2D eigenvalue weighted by Gasteiger charge is -2.61. The molecule has 0 amide bonds. The molecule has 0 heterocycles. The third kappa shape index (κ3) is 2.95. The van der Waals surface area contributed by atoms with E-state index in [4.69, 9.17) is 4.74 Å². The number of ketones is 2. The number of carbonyl (C=O) groups excluding carboxylic acids is 3. The standard InChI is InChI=1S/C23H30O6/c1-13(24)29-12-23(28)9-7-17-16-5-4-14-10-15(25)6-8-21(14,2)19(16)18(26)11-22(17,3)20(23)27/h6,8,10,16-19,26,28H,4-5,7,9,11-12H2,1-3H3/t16-,17-,18-,19+,21-,22-,23?/m0/s1. The monoisotopic (exact) mass is 402 g/mol. The number of rotatable bonds is 2. The Morgan fingerprint density at radius 1 is 1.28 bits per heavy atom. The molecule has 0 radical (unpaired) electrons. The highest BCUT2D eigenvalue weighted by molar-refractivity contribution is 6.01. The number of carbonyl (C=O) groups is 3.